The Morgan fingerprint density at radius 3 is 2.19 bits per heavy atom. The molecule has 0 aliphatic heterocycles. The molecular formula is C18H21F2N. The fraction of sp³-hybridized carbons (Fsp3) is 0.333. The van der Waals surface area contributed by atoms with E-state index in [1.807, 2.05) is 12.1 Å². The SMILES string of the molecule is CCCNC(c1ccc(F)c(C)c1)c1ccc(C)c(F)c1. The molecule has 112 valence electrons. The van der Waals surface area contributed by atoms with Crippen LogP contribution in [-0.2, 0) is 0 Å². The molecule has 0 aliphatic carbocycles. The molecule has 2 aromatic carbocycles. The Balaban J connectivity index is 2.41. The quantitative estimate of drug-likeness (QED) is 0.843. The number of nitrogens with one attached hydrogen (secondary N) is 1. The van der Waals surface area contributed by atoms with Gasteiger partial charge in [-0.15, -0.1) is 0 Å². The number of rotatable bonds is 5. The van der Waals surface area contributed by atoms with Gasteiger partial charge in [0.25, 0.3) is 0 Å². The Labute approximate surface area is 125 Å². The average Bonchev–Trinajstić information content (AvgIpc) is 2.46. The molecule has 1 unspecified atom stereocenters. The molecule has 0 radical (unpaired) electrons. The summed E-state index contributed by atoms with van der Waals surface area (Å²) in [7, 11) is 0. The van der Waals surface area contributed by atoms with Crippen LogP contribution in [0.2, 0.25) is 0 Å². The minimum Gasteiger partial charge on any atom is -0.306 e. The summed E-state index contributed by atoms with van der Waals surface area (Å²) in [4.78, 5) is 0. The van der Waals surface area contributed by atoms with Crippen molar-refractivity contribution in [2.75, 3.05) is 6.54 Å². The molecule has 2 aromatic rings. The van der Waals surface area contributed by atoms with E-state index in [1.54, 1.807) is 32.0 Å². The van der Waals surface area contributed by atoms with Crippen LogP contribution in [0, 0.1) is 25.5 Å². The van der Waals surface area contributed by atoms with Crippen LogP contribution in [-0.4, -0.2) is 6.54 Å². The number of aryl methyl sites for hydroxylation is 2. The molecule has 0 aliphatic rings. The van der Waals surface area contributed by atoms with Gasteiger partial charge in [-0.2, -0.15) is 0 Å². The summed E-state index contributed by atoms with van der Waals surface area (Å²) in [5, 5.41) is 3.41. The average molecular weight is 289 g/mol. The van der Waals surface area contributed by atoms with Crippen LogP contribution >= 0.6 is 0 Å². The monoisotopic (exact) mass is 289 g/mol. The second-order valence-electron chi connectivity index (χ2n) is 5.40. The van der Waals surface area contributed by atoms with Gasteiger partial charge in [-0.05, 0) is 61.2 Å². The van der Waals surface area contributed by atoms with Gasteiger partial charge in [0.2, 0.25) is 0 Å². The standard InChI is InChI=1S/C18H21F2N/c1-4-9-21-18(14-7-8-16(19)13(3)10-14)15-6-5-12(2)17(20)11-15/h5-8,10-11,18,21H,4,9H2,1-3H3. The molecule has 0 saturated carbocycles. The Morgan fingerprint density at radius 2 is 1.57 bits per heavy atom. The van der Waals surface area contributed by atoms with E-state index in [0.717, 1.165) is 24.1 Å². The molecule has 0 heterocycles. The summed E-state index contributed by atoms with van der Waals surface area (Å²) in [5.74, 6) is -0.433. The van der Waals surface area contributed by atoms with Crippen molar-refractivity contribution in [1.29, 1.82) is 0 Å². The fourth-order valence-electron chi connectivity index (χ4n) is 2.35. The number of halogens is 2. The zero-order chi connectivity index (χ0) is 15.4. The lowest BCUT2D eigenvalue weighted by atomic mass is 9.96. The summed E-state index contributed by atoms with van der Waals surface area (Å²) in [6, 6.07) is 10.2. The second-order valence-corrected chi connectivity index (χ2v) is 5.40. The largest absolute Gasteiger partial charge is 0.306 e. The maximum absolute atomic E-state index is 13.8. The summed E-state index contributed by atoms with van der Waals surface area (Å²) in [6.45, 7) is 6.38. The molecule has 21 heavy (non-hydrogen) atoms. The van der Waals surface area contributed by atoms with E-state index in [1.165, 1.54) is 6.07 Å². The highest BCUT2D eigenvalue weighted by Gasteiger charge is 2.15. The first-order valence-electron chi connectivity index (χ1n) is 7.28. The van der Waals surface area contributed by atoms with Crippen molar-refractivity contribution in [1.82, 2.24) is 5.32 Å². The van der Waals surface area contributed by atoms with E-state index in [2.05, 4.69) is 12.2 Å². The number of hydrogen-bond donors (Lipinski definition) is 1. The molecule has 1 atom stereocenters. The topological polar surface area (TPSA) is 12.0 Å². The first-order valence-corrected chi connectivity index (χ1v) is 7.28. The number of hydrogen-bond acceptors (Lipinski definition) is 1. The van der Waals surface area contributed by atoms with E-state index in [4.69, 9.17) is 0 Å². The van der Waals surface area contributed by atoms with Crippen molar-refractivity contribution in [2.24, 2.45) is 0 Å². The van der Waals surface area contributed by atoms with Gasteiger partial charge < -0.3 is 5.32 Å². The molecular weight excluding hydrogens is 268 g/mol. The van der Waals surface area contributed by atoms with Crippen LogP contribution in [0.4, 0.5) is 8.78 Å². The molecule has 0 fully saturated rings. The third kappa shape index (κ3) is 3.67. The molecule has 0 bridgehead atoms. The van der Waals surface area contributed by atoms with Gasteiger partial charge in [0.05, 0.1) is 6.04 Å². The Kier molecular flexibility index (Phi) is 5.07. The number of benzene rings is 2. The van der Waals surface area contributed by atoms with Crippen molar-refractivity contribution < 1.29 is 8.78 Å². The lowest BCUT2D eigenvalue weighted by Crippen LogP contribution is -2.23. The lowest BCUT2D eigenvalue weighted by molar-refractivity contribution is 0.578. The van der Waals surface area contributed by atoms with Crippen LogP contribution in [0.3, 0.4) is 0 Å². The highest BCUT2D eigenvalue weighted by Crippen LogP contribution is 2.25. The molecule has 1 N–H and O–H groups in total. The van der Waals surface area contributed by atoms with Gasteiger partial charge in [0.1, 0.15) is 11.6 Å². The van der Waals surface area contributed by atoms with Gasteiger partial charge in [-0.3, -0.25) is 0 Å². The summed E-state index contributed by atoms with van der Waals surface area (Å²) in [5.41, 5.74) is 3.04. The predicted molar refractivity (Wildman–Crippen MR) is 82.4 cm³/mol. The Morgan fingerprint density at radius 1 is 0.905 bits per heavy atom. The Hall–Kier alpha value is -1.74. The van der Waals surface area contributed by atoms with Crippen LogP contribution < -0.4 is 5.32 Å². The van der Waals surface area contributed by atoms with Gasteiger partial charge in [-0.1, -0.05) is 31.2 Å². The van der Waals surface area contributed by atoms with Crippen LogP contribution in [0.5, 0.6) is 0 Å². The first kappa shape index (κ1) is 15.6. The molecule has 0 spiro atoms. The zero-order valence-electron chi connectivity index (χ0n) is 12.7. The normalized spacial score (nSPS) is 12.4. The second kappa shape index (κ2) is 6.81. The first-order chi connectivity index (χ1) is 10.0. The molecule has 3 heteroatoms. The van der Waals surface area contributed by atoms with E-state index >= 15 is 0 Å². The summed E-state index contributed by atoms with van der Waals surface area (Å²) in [6.07, 6.45) is 0.977. The Bertz CT molecular complexity index is 571. The summed E-state index contributed by atoms with van der Waals surface area (Å²) >= 11 is 0. The van der Waals surface area contributed by atoms with Gasteiger partial charge in [0.15, 0.2) is 0 Å². The highest BCUT2D eigenvalue weighted by atomic mass is 19.1. The minimum atomic E-state index is -0.219. The van der Waals surface area contributed by atoms with Gasteiger partial charge >= 0.3 is 0 Å². The highest BCUT2D eigenvalue weighted by molar-refractivity contribution is 5.36. The van der Waals surface area contributed by atoms with Crippen molar-refractivity contribution in [3.63, 3.8) is 0 Å². The van der Waals surface area contributed by atoms with Crippen molar-refractivity contribution in [3.05, 3.63) is 70.3 Å². The van der Waals surface area contributed by atoms with E-state index in [0.29, 0.717) is 11.1 Å². The molecule has 2 rings (SSSR count). The van der Waals surface area contributed by atoms with Crippen molar-refractivity contribution >= 4 is 0 Å². The summed E-state index contributed by atoms with van der Waals surface area (Å²) < 4.78 is 27.3. The van der Waals surface area contributed by atoms with Crippen molar-refractivity contribution in [2.45, 2.75) is 33.2 Å². The molecule has 0 saturated heterocycles. The minimum absolute atomic E-state index is 0.126. The van der Waals surface area contributed by atoms with Crippen LogP contribution in [0.15, 0.2) is 36.4 Å². The maximum Gasteiger partial charge on any atom is 0.126 e. The van der Waals surface area contributed by atoms with E-state index < -0.39 is 0 Å². The maximum atomic E-state index is 13.8. The lowest BCUT2D eigenvalue weighted by Gasteiger charge is -2.20. The molecule has 0 amide bonds. The third-order valence-electron chi connectivity index (χ3n) is 3.64. The fourth-order valence-corrected chi connectivity index (χ4v) is 2.35. The molecule has 1 nitrogen and oxygen atoms in total. The van der Waals surface area contributed by atoms with Crippen LogP contribution in [0.25, 0.3) is 0 Å². The van der Waals surface area contributed by atoms with Gasteiger partial charge in [0, 0.05) is 0 Å². The molecule has 0 aromatic heterocycles. The van der Waals surface area contributed by atoms with E-state index in [9.17, 15) is 8.78 Å². The van der Waals surface area contributed by atoms with E-state index in [-0.39, 0.29) is 17.7 Å². The predicted octanol–water partition coefficient (Wildman–Crippen LogP) is 4.67. The zero-order valence-corrected chi connectivity index (χ0v) is 12.7. The smallest absolute Gasteiger partial charge is 0.126 e. The van der Waals surface area contributed by atoms with Gasteiger partial charge in [-0.25, -0.2) is 8.78 Å². The third-order valence-corrected chi connectivity index (χ3v) is 3.64. The van der Waals surface area contributed by atoms with Crippen LogP contribution in [0.1, 0.15) is 41.6 Å². The van der Waals surface area contributed by atoms with Crippen molar-refractivity contribution in [3.8, 4) is 0 Å².